The highest BCUT2D eigenvalue weighted by molar-refractivity contribution is 6.36. The number of nitriles is 1. The number of pyridine rings is 1. The van der Waals surface area contributed by atoms with E-state index in [2.05, 4.69) is 15.2 Å². The van der Waals surface area contributed by atoms with E-state index in [-0.39, 0.29) is 23.8 Å². The van der Waals surface area contributed by atoms with Crippen LogP contribution in [0.4, 0.5) is 0 Å². The maximum atomic E-state index is 13.0. The lowest BCUT2D eigenvalue weighted by Gasteiger charge is -2.33. The van der Waals surface area contributed by atoms with Gasteiger partial charge in [0.15, 0.2) is 0 Å². The number of β-amino-alcohol motifs (C(OH)–C–C–N with tert-alkyl or cyclic N) is 1. The molecule has 2 heterocycles. The van der Waals surface area contributed by atoms with E-state index in [9.17, 15) is 20.0 Å². The van der Waals surface area contributed by atoms with Gasteiger partial charge in [0, 0.05) is 31.2 Å². The van der Waals surface area contributed by atoms with Crippen molar-refractivity contribution in [3.8, 4) is 23.1 Å². The Labute approximate surface area is 230 Å². The third-order valence-electron chi connectivity index (χ3n) is 6.55. The summed E-state index contributed by atoms with van der Waals surface area (Å²) in [5, 5.41) is 23.7. The van der Waals surface area contributed by atoms with Crippen molar-refractivity contribution in [3.05, 3.63) is 85.6 Å². The number of nitrogens with zero attached hydrogens (tertiary/aromatic N) is 2. The number of rotatable bonds is 8. The fourth-order valence-corrected chi connectivity index (χ4v) is 4.83. The maximum absolute atomic E-state index is 13.0. The minimum Gasteiger partial charge on any atom is -0.489 e. The van der Waals surface area contributed by atoms with Gasteiger partial charge in [0.25, 0.3) is 11.5 Å². The van der Waals surface area contributed by atoms with Gasteiger partial charge in [0.2, 0.25) is 0 Å². The third-order valence-corrected chi connectivity index (χ3v) is 7.43. The van der Waals surface area contributed by atoms with Gasteiger partial charge >= 0.3 is 0 Å². The van der Waals surface area contributed by atoms with Crippen LogP contribution in [0.3, 0.4) is 0 Å². The van der Waals surface area contributed by atoms with Crippen LogP contribution in [0.2, 0.25) is 10.0 Å². The summed E-state index contributed by atoms with van der Waals surface area (Å²) in [4.78, 5) is 30.0. The number of halogens is 2. The molecule has 1 fully saturated rings. The molecule has 38 heavy (non-hydrogen) atoms. The van der Waals surface area contributed by atoms with Crippen LogP contribution < -0.4 is 15.6 Å². The van der Waals surface area contributed by atoms with Crippen LogP contribution in [0.5, 0.6) is 5.75 Å². The smallest absolute Gasteiger partial charge is 0.266 e. The van der Waals surface area contributed by atoms with Gasteiger partial charge in [-0.25, -0.2) is 0 Å². The number of nitrogens with one attached hydrogen (secondary N) is 2. The van der Waals surface area contributed by atoms with Gasteiger partial charge < -0.3 is 25.0 Å². The first kappa shape index (κ1) is 27.7. The number of aromatic nitrogens is 1. The molecule has 0 aliphatic carbocycles. The molecule has 0 radical (unpaired) electrons. The van der Waals surface area contributed by atoms with E-state index >= 15 is 0 Å². The molecule has 198 valence electrons. The summed E-state index contributed by atoms with van der Waals surface area (Å²) < 4.78 is 6.09. The Morgan fingerprint density at radius 3 is 2.63 bits per heavy atom. The minimum absolute atomic E-state index is 0.00662. The summed E-state index contributed by atoms with van der Waals surface area (Å²) >= 11 is 12.5. The summed E-state index contributed by atoms with van der Waals surface area (Å²) in [6, 6.07) is 15.6. The van der Waals surface area contributed by atoms with E-state index in [1.807, 2.05) is 19.1 Å². The highest BCUT2D eigenvalue weighted by Crippen LogP contribution is 2.34. The molecule has 0 bridgehead atoms. The minimum atomic E-state index is -0.803. The third kappa shape index (κ3) is 6.55. The number of likely N-dealkylation sites (tertiary alicyclic amines) is 1. The lowest BCUT2D eigenvalue weighted by molar-refractivity contribution is 0.0594. The van der Waals surface area contributed by atoms with Crippen LogP contribution >= 0.6 is 23.2 Å². The summed E-state index contributed by atoms with van der Waals surface area (Å²) in [7, 11) is 0. The molecule has 1 aliphatic heterocycles. The average molecular weight is 555 g/mol. The molecule has 0 spiro atoms. The normalized spacial score (nSPS) is 15.0. The fraction of sp³-hybridized carbons (Fsp3) is 0.321. The predicted molar refractivity (Wildman–Crippen MR) is 147 cm³/mol. The van der Waals surface area contributed by atoms with Gasteiger partial charge in [-0.2, -0.15) is 5.26 Å². The summed E-state index contributed by atoms with van der Waals surface area (Å²) in [5.74, 6) is 0.129. The largest absolute Gasteiger partial charge is 0.489 e. The van der Waals surface area contributed by atoms with Gasteiger partial charge in [0.1, 0.15) is 23.5 Å². The van der Waals surface area contributed by atoms with Gasteiger partial charge in [0.05, 0.1) is 22.4 Å². The van der Waals surface area contributed by atoms with Gasteiger partial charge in [-0.05, 0) is 49.1 Å². The van der Waals surface area contributed by atoms with E-state index in [1.54, 1.807) is 36.4 Å². The van der Waals surface area contributed by atoms with Gasteiger partial charge in [-0.1, -0.05) is 53.5 Å². The fourth-order valence-electron chi connectivity index (χ4n) is 4.41. The summed E-state index contributed by atoms with van der Waals surface area (Å²) in [5.41, 5.74) is 1.18. The zero-order valence-corrected chi connectivity index (χ0v) is 22.4. The molecule has 1 amide bonds. The number of hydrogen-bond acceptors (Lipinski definition) is 6. The number of hydrogen-bond donors (Lipinski definition) is 3. The Hall–Kier alpha value is -3.35. The van der Waals surface area contributed by atoms with Crippen molar-refractivity contribution in [1.82, 2.24) is 15.2 Å². The molecule has 10 heteroatoms. The molecular weight excluding hydrogens is 527 g/mol. The van der Waals surface area contributed by atoms with E-state index in [4.69, 9.17) is 27.9 Å². The Bertz CT molecular complexity index is 1400. The van der Waals surface area contributed by atoms with Crippen LogP contribution in [0.25, 0.3) is 11.3 Å². The number of piperidine rings is 1. The Balaban J connectivity index is 1.31. The number of H-pyrrole nitrogens is 1. The molecule has 8 nitrogen and oxygen atoms in total. The van der Waals surface area contributed by atoms with Crippen LogP contribution in [0.15, 0.2) is 53.3 Å². The maximum Gasteiger partial charge on any atom is 0.266 e. The van der Waals surface area contributed by atoms with Crippen LogP contribution in [-0.2, 0) is 0 Å². The Morgan fingerprint density at radius 1 is 1.24 bits per heavy atom. The summed E-state index contributed by atoms with van der Waals surface area (Å²) in [6.07, 6.45) is 0.743. The van der Waals surface area contributed by atoms with Crippen molar-refractivity contribution < 1.29 is 14.6 Å². The van der Waals surface area contributed by atoms with Crippen LogP contribution in [-0.4, -0.2) is 59.3 Å². The molecule has 1 atom stereocenters. The molecular formula is C28H28Cl2N4O4. The van der Waals surface area contributed by atoms with E-state index in [1.165, 1.54) is 6.07 Å². The number of aliphatic hydroxyl groups excluding tert-OH is 1. The van der Waals surface area contributed by atoms with Crippen molar-refractivity contribution >= 4 is 29.1 Å². The first-order chi connectivity index (χ1) is 18.3. The lowest BCUT2D eigenvalue weighted by atomic mass is 10.0. The molecule has 3 N–H and O–H groups in total. The first-order valence-electron chi connectivity index (χ1n) is 12.3. The highest BCUT2D eigenvalue weighted by Gasteiger charge is 2.24. The molecule has 0 saturated carbocycles. The van der Waals surface area contributed by atoms with Crippen molar-refractivity contribution in [3.63, 3.8) is 0 Å². The molecule has 2 aromatic carbocycles. The molecule has 1 aromatic heterocycles. The number of ether oxygens (including phenoxy) is 1. The van der Waals surface area contributed by atoms with Crippen molar-refractivity contribution in [2.45, 2.75) is 32.0 Å². The Kier molecular flexibility index (Phi) is 9.08. The second-order valence-corrected chi connectivity index (χ2v) is 10.0. The van der Waals surface area contributed by atoms with E-state index in [0.717, 1.165) is 31.5 Å². The van der Waals surface area contributed by atoms with Crippen molar-refractivity contribution in [2.24, 2.45) is 0 Å². The molecule has 4 rings (SSSR count). The SMILES string of the molecule is Cc1c(Cl)ccc(OC2CCN(C[C@H](O)CNC(=O)c3cc(C#N)c(=O)[nH]c3-c3ccccc3)CC2)c1Cl. The standard InChI is InChI=1S/C28H28Cl2N4O4/c1-17-23(29)7-8-24(25(17)30)38-21-9-11-34(12-10-21)16-20(35)15-32-28(37)22-13-19(14-31)27(36)33-26(22)18-5-3-2-4-6-18/h2-8,13,20-21,35H,9-12,15-16H2,1H3,(H,32,37)(H,33,36)/t20-/m1/s1. The summed E-state index contributed by atoms with van der Waals surface area (Å²) in [6.45, 7) is 3.70. The number of aromatic amines is 1. The zero-order valence-electron chi connectivity index (χ0n) is 20.8. The number of carbonyl (C=O) groups excluding carboxylic acids is 1. The van der Waals surface area contributed by atoms with Crippen molar-refractivity contribution in [1.29, 1.82) is 5.26 Å². The molecule has 1 saturated heterocycles. The molecule has 0 unspecified atom stereocenters. The molecule has 3 aromatic rings. The van der Waals surface area contributed by atoms with E-state index in [0.29, 0.717) is 33.6 Å². The second kappa shape index (κ2) is 12.5. The Morgan fingerprint density at radius 2 is 1.95 bits per heavy atom. The van der Waals surface area contributed by atoms with Crippen LogP contribution in [0.1, 0.15) is 34.3 Å². The topological polar surface area (TPSA) is 118 Å². The van der Waals surface area contributed by atoms with Crippen LogP contribution in [0, 0.1) is 18.3 Å². The second-order valence-electron chi connectivity index (χ2n) is 9.24. The highest BCUT2D eigenvalue weighted by atomic mass is 35.5. The predicted octanol–water partition coefficient (Wildman–Crippen LogP) is 4.16. The first-order valence-corrected chi connectivity index (χ1v) is 13.0. The monoisotopic (exact) mass is 554 g/mol. The van der Waals surface area contributed by atoms with Gasteiger partial charge in [-0.3, -0.25) is 9.59 Å². The average Bonchev–Trinajstić information content (AvgIpc) is 2.93. The number of aliphatic hydroxyl groups is 1. The lowest BCUT2D eigenvalue weighted by Crippen LogP contribution is -2.45. The quantitative estimate of drug-likeness (QED) is 0.384. The number of carbonyl (C=O) groups is 1. The van der Waals surface area contributed by atoms with Crippen molar-refractivity contribution in [2.75, 3.05) is 26.2 Å². The van der Waals surface area contributed by atoms with E-state index < -0.39 is 17.6 Å². The molecule has 1 aliphatic rings. The number of amides is 1. The zero-order chi connectivity index (χ0) is 27.2. The number of benzene rings is 2. The van der Waals surface area contributed by atoms with Gasteiger partial charge in [-0.15, -0.1) is 0 Å².